The molecule has 0 saturated heterocycles. The van der Waals surface area contributed by atoms with Crippen molar-refractivity contribution in [2.45, 2.75) is 46.6 Å². The number of hydrogen-bond donors (Lipinski definition) is 1. The van der Waals surface area contributed by atoms with E-state index in [1.165, 1.54) is 7.11 Å². The first-order chi connectivity index (χ1) is 12.7. The third-order valence-electron chi connectivity index (χ3n) is 4.53. The summed E-state index contributed by atoms with van der Waals surface area (Å²) in [6, 6.07) is 5.47. The van der Waals surface area contributed by atoms with Crippen molar-refractivity contribution >= 4 is 17.6 Å². The molecule has 1 heterocycles. The quantitative estimate of drug-likeness (QED) is 0.755. The van der Waals surface area contributed by atoms with Gasteiger partial charge in [0.05, 0.1) is 18.5 Å². The number of methoxy groups -OCH3 is 1. The molecule has 0 aliphatic carbocycles. The van der Waals surface area contributed by atoms with Crippen molar-refractivity contribution < 1.29 is 19.1 Å². The summed E-state index contributed by atoms with van der Waals surface area (Å²) < 4.78 is 12.3. The summed E-state index contributed by atoms with van der Waals surface area (Å²) in [5.41, 5.74) is 4.50. The molecule has 0 radical (unpaired) electrons. The van der Waals surface area contributed by atoms with E-state index in [1.54, 1.807) is 23.7 Å². The summed E-state index contributed by atoms with van der Waals surface area (Å²) in [6.07, 6.45) is -0.179. The molecular weight excluding hydrogens is 346 g/mol. The number of nitrogens with one attached hydrogen (secondary N) is 1. The minimum absolute atomic E-state index is 0.193. The monoisotopic (exact) mass is 373 g/mol. The Morgan fingerprint density at radius 2 is 1.96 bits per heavy atom. The lowest BCUT2D eigenvalue weighted by atomic mass is 10.1. The third kappa shape index (κ3) is 5.09. The van der Waals surface area contributed by atoms with Crippen molar-refractivity contribution in [3.63, 3.8) is 0 Å². The van der Waals surface area contributed by atoms with Gasteiger partial charge in [0.1, 0.15) is 5.75 Å². The molecule has 1 unspecified atom stereocenters. The summed E-state index contributed by atoms with van der Waals surface area (Å²) in [6.45, 7) is 7.35. The molecular formula is C20H27N3O4. The topological polar surface area (TPSA) is 82.4 Å². The van der Waals surface area contributed by atoms with Crippen molar-refractivity contribution in [3.8, 4) is 5.75 Å². The van der Waals surface area contributed by atoms with E-state index in [4.69, 9.17) is 9.47 Å². The lowest BCUT2D eigenvalue weighted by Gasteiger charge is -2.15. The number of rotatable bonds is 7. The molecule has 1 aromatic heterocycles. The SMILES string of the molecule is COc1ccc(C)cc1NC(=O)C(C)OC(=O)CCc1c(C)nn(C)c1C. The van der Waals surface area contributed by atoms with E-state index in [0.717, 1.165) is 22.5 Å². The zero-order valence-electron chi connectivity index (χ0n) is 16.8. The number of amides is 1. The molecule has 1 amide bonds. The molecule has 27 heavy (non-hydrogen) atoms. The minimum Gasteiger partial charge on any atom is -0.495 e. The molecule has 2 rings (SSSR count). The number of carbonyl (C=O) groups excluding carboxylic acids is 2. The molecule has 0 spiro atoms. The molecule has 1 N–H and O–H groups in total. The predicted octanol–water partition coefficient (Wildman–Crippen LogP) is 2.86. The number of nitrogens with zero attached hydrogens (tertiary/aromatic N) is 2. The highest BCUT2D eigenvalue weighted by Crippen LogP contribution is 2.25. The van der Waals surface area contributed by atoms with Crippen molar-refractivity contribution in [3.05, 3.63) is 40.7 Å². The Morgan fingerprint density at radius 1 is 1.26 bits per heavy atom. The molecule has 2 aromatic rings. The molecule has 1 aromatic carbocycles. The molecule has 0 bridgehead atoms. The largest absolute Gasteiger partial charge is 0.495 e. The van der Waals surface area contributed by atoms with E-state index >= 15 is 0 Å². The first-order valence-electron chi connectivity index (χ1n) is 8.87. The molecule has 1 atom stereocenters. The van der Waals surface area contributed by atoms with E-state index in [9.17, 15) is 9.59 Å². The maximum atomic E-state index is 12.4. The average Bonchev–Trinajstić information content (AvgIpc) is 2.85. The van der Waals surface area contributed by atoms with Crippen LogP contribution in [-0.2, 0) is 27.8 Å². The fourth-order valence-corrected chi connectivity index (χ4v) is 2.87. The zero-order valence-corrected chi connectivity index (χ0v) is 16.8. The highest BCUT2D eigenvalue weighted by molar-refractivity contribution is 5.96. The van der Waals surface area contributed by atoms with Crippen LogP contribution in [0.5, 0.6) is 5.75 Å². The Hall–Kier alpha value is -2.83. The first-order valence-corrected chi connectivity index (χ1v) is 8.87. The number of aromatic nitrogens is 2. The second-order valence-electron chi connectivity index (χ2n) is 6.60. The maximum Gasteiger partial charge on any atom is 0.306 e. The second kappa shape index (κ2) is 8.70. The van der Waals surface area contributed by atoms with Crippen LogP contribution < -0.4 is 10.1 Å². The summed E-state index contributed by atoms with van der Waals surface area (Å²) in [4.78, 5) is 24.5. The Labute approximate surface area is 159 Å². The summed E-state index contributed by atoms with van der Waals surface area (Å²) in [5, 5.41) is 7.08. The Kier molecular flexibility index (Phi) is 6.60. The smallest absolute Gasteiger partial charge is 0.306 e. The first kappa shape index (κ1) is 20.5. The fraction of sp³-hybridized carbons (Fsp3) is 0.450. The van der Waals surface area contributed by atoms with Crippen LogP contribution in [0, 0.1) is 20.8 Å². The number of esters is 1. The fourth-order valence-electron chi connectivity index (χ4n) is 2.87. The number of anilines is 1. The molecule has 0 aliphatic rings. The van der Waals surface area contributed by atoms with E-state index in [0.29, 0.717) is 17.9 Å². The van der Waals surface area contributed by atoms with Crippen LogP contribution in [-0.4, -0.2) is 34.9 Å². The minimum atomic E-state index is -0.904. The lowest BCUT2D eigenvalue weighted by Crippen LogP contribution is -2.30. The Balaban J connectivity index is 1.92. The number of carbonyl (C=O) groups is 2. The molecule has 146 valence electrons. The predicted molar refractivity (Wildman–Crippen MR) is 103 cm³/mol. The van der Waals surface area contributed by atoms with Crippen molar-refractivity contribution in [1.29, 1.82) is 0 Å². The van der Waals surface area contributed by atoms with Crippen LogP contribution in [0.25, 0.3) is 0 Å². The van der Waals surface area contributed by atoms with Gasteiger partial charge in [-0.1, -0.05) is 6.07 Å². The van der Waals surface area contributed by atoms with Gasteiger partial charge in [-0.2, -0.15) is 5.10 Å². The standard InChI is InChI=1S/C20H27N3O4/c1-12-7-9-18(26-6)17(11-12)21-20(25)15(4)27-19(24)10-8-16-13(2)22-23(5)14(16)3/h7,9,11,15H,8,10H2,1-6H3,(H,21,25). The van der Waals surface area contributed by atoms with E-state index < -0.39 is 18.0 Å². The van der Waals surface area contributed by atoms with Crippen molar-refractivity contribution in [2.24, 2.45) is 7.05 Å². The van der Waals surface area contributed by atoms with Gasteiger partial charge < -0.3 is 14.8 Å². The Bertz CT molecular complexity index is 842. The van der Waals surface area contributed by atoms with Crippen molar-refractivity contribution in [2.75, 3.05) is 12.4 Å². The zero-order chi connectivity index (χ0) is 20.1. The van der Waals surface area contributed by atoms with Crippen LogP contribution in [0.1, 0.15) is 35.9 Å². The van der Waals surface area contributed by atoms with Gasteiger partial charge in [-0.15, -0.1) is 0 Å². The van der Waals surface area contributed by atoms with E-state index in [-0.39, 0.29) is 6.42 Å². The maximum absolute atomic E-state index is 12.4. The number of aryl methyl sites for hydroxylation is 3. The number of benzene rings is 1. The number of hydrogen-bond acceptors (Lipinski definition) is 5. The molecule has 7 heteroatoms. The molecule has 7 nitrogen and oxygen atoms in total. The van der Waals surface area contributed by atoms with Crippen LogP contribution >= 0.6 is 0 Å². The Morgan fingerprint density at radius 3 is 2.56 bits per heavy atom. The van der Waals surface area contributed by atoms with Gasteiger partial charge in [0.2, 0.25) is 0 Å². The highest BCUT2D eigenvalue weighted by Gasteiger charge is 2.20. The molecule has 0 fully saturated rings. The average molecular weight is 373 g/mol. The second-order valence-corrected chi connectivity index (χ2v) is 6.60. The highest BCUT2D eigenvalue weighted by atomic mass is 16.5. The van der Waals surface area contributed by atoms with Gasteiger partial charge in [-0.3, -0.25) is 14.3 Å². The van der Waals surface area contributed by atoms with Gasteiger partial charge in [0.15, 0.2) is 6.10 Å². The summed E-state index contributed by atoms with van der Waals surface area (Å²) in [5.74, 6) is -0.271. The normalized spacial score (nSPS) is 11.8. The van der Waals surface area contributed by atoms with Gasteiger partial charge in [-0.25, -0.2) is 0 Å². The van der Waals surface area contributed by atoms with Crippen LogP contribution in [0.2, 0.25) is 0 Å². The summed E-state index contributed by atoms with van der Waals surface area (Å²) >= 11 is 0. The summed E-state index contributed by atoms with van der Waals surface area (Å²) in [7, 11) is 3.41. The van der Waals surface area contributed by atoms with Gasteiger partial charge in [0.25, 0.3) is 5.91 Å². The van der Waals surface area contributed by atoms with E-state index in [1.807, 2.05) is 33.9 Å². The van der Waals surface area contributed by atoms with E-state index in [2.05, 4.69) is 10.4 Å². The van der Waals surface area contributed by atoms with Gasteiger partial charge in [-0.05, 0) is 57.4 Å². The number of ether oxygens (including phenoxy) is 2. The van der Waals surface area contributed by atoms with Gasteiger partial charge in [0, 0.05) is 19.2 Å². The molecule has 0 aliphatic heterocycles. The lowest BCUT2D eigenvalue weighted by molar-refractivity contribution is -0.153. The van der Waals surface area contributed by atoms with Crippen LogP contribution in [0.4, 0.5) is 5.69 Å². The molecule has 0 saturated carbocycles. The van der Waals surface area contributed by atoms with Crippen molar-refractivity contribution in [1.82, 2.24) is 9.78 Å². The van der Waals surface area contributed by atoms with Crippen LogP contribution in [0.15, 0.2) is 18.2 Å². The van der Waals surface area contributed by atoms with Gasteiger partial charge >= 0.3 is 5.97 Å². The third-order valence-corrected chi connectivity index (χ3v) is 4.53. The van der Waals surface area contributed by atoms with Crippen LogP contribution in [0.3, 0.4) is 0 Å².